The summed E-state index contributed by atoms with van der Waals surface area (Å²) in [4.78, 5) is 2.61. The third kappa shape index (κ3) is 3.71. The van der Waals surface area contributed by atoms with Gasteiger partial charge in [-0.05, 0) is 108 Å². The van der Waals surface area contributed by atoms with Gasteiger partial charge in [0.25, 0.3) is 6.07 Å². The number of nitriles is 1. The van der Waals surface area contributed by atoms with Crippen LogP contribution >= 0.6 is 0 Å². The Bertz CT molecular complexity index is 2650. The number of rotatable bonds is 4. The maximum atomic E-state index is 9.32. The molecule has 1 aliphatic rings. The molecule has 0 spiro atoms. The maximum absolute atomic E-state index is 9.32. The molecule has 0 radical (unpaired) electrons. The summed E-state index contributed by atoms with van der Waals surface area (Å²) >= 11 is 0. The molecule has 0 N–H and O–H groups in total. The van der Waals surface area contributed by atoms with Crippen LogP contribution in [0.4, 0.5) is 5.69 Å². The minimum atomic E-state index is 1.01. The van der Waals surface area contributed by atoms with Gasteiger partial charge in [0.1, 0.15) is 5.56 Å². The van der Waals surface area contributed by atoms with E-state index in [-0.39, 0.29) is 0 Å². The van der Waals surface area contributed by atoms with Gasteiger partial charge in [0.2, 0.25) is 0 Å². The highest BCUT2D eigenvalue weighted by molar-refractivity contribution is 6.47. The fraction of sp³-hybridized carbons (Fsp3) is 0.109. The van der Waals surface area contributed by atoms with E-state index in [1.54, 1.807) is 0 Å². The van der Waals surface area contributed by atoms with Crippen molar-refractivity contribution in [3.05, 3.63) is 133 Å². The van der Waals surface area contributed by atoms with E-state index in [0.29, 0.717) is 0 Å². The standard InChI is InChI=1S/C46H31N2/c47-26-12-17-29-22-23-36-41-32(29)18-10-20-34(41)43-39(30-13-4-1-5-14-30)46-37-24-25-38(48-27-8-3-9-28-48)33-19-11-21-35(42(33)37)44(46)40(45(36)43)31-15-6-2-7-16-31/h1-2,4-7,10-11,13-25H,3,8-9,27-28H2/q+1. The van der Waals surface area contributed by atoms with Gasteiger partial charge in [-0.15, -0.1) is 0 Å². The average Bonchev–Trinajstić information content (AvgIpc) is 3.66. The Morgan fingerprint density at radius 2 is 0.979 bits per heavy atom. The number of allylic oxidation sites excluding steroid dienone is 1. The summed E-state index contributed by atoms with van der Waals surface area (Å²) in [6, 6.07) is 46.9. The van der Waals surface area contributed by atoms with Gasteiger partial charge in [0.05, 0.1) is 5.39 Å². The molecule has 1 saturated heterocycles. The molecule has 0 bridgehead atoms. The molecule has 48 heavy (non-hydrogen) atoms. The number of nitrogens with zero attached hydrogens (tertiary/aromatic N) is 2. The highest BCUT2D eigenvalue weighted by Gasteiger charge is 2.29. The van der Waals surface area contributed by atoms with Crippen molar-refractivity contribution in [1.82, 2.24) is 0 Å². The molecule has 224 valence electrons. The third-order valence-electron chi connectivity index (χ3n) is 10.8. The lowest BCUT2D eigenvalue weighted by Crippen LogP contribution is -2.29. The smallest absolute Gasteiger partial charge is 0.265 e. The molecule has 0 amide bonds. The van der Waals surface area contributed by atoms with Crippen LogP contribution in [0.1, 0.15) is 24.8 Å². The summed E-state index contributed by atoms with van der Waals surface area (Å²) in [7, 11) is 0. The summed E-state index contributed by atoms with van der Waals surface area (Å²) in [6.07, 6.45) is 8.42. The van der Waals surface area contributed by atoms with Crippen LogP contribution in [0.3, 0.4) is 0 Å². The maximum Gasteiger partial charge on any atom is 0.265 e. The van der Waals surface area contributed by atoms with Crippen LogP contribution in [0.5, 0.6) is 0 Å². The molecule has 0 aliphatic carbocycles. The van der Waals surface area contributed by atoms with Gasteiger partial charge >= 0.3 is 0 Å². The Balaban J connectivity index is 1.49. The van der Waals surface area contributed by atoms with Crippen LogP contribution < -0.4 is 4.90 Å². The second-order valence-corrected chi connectivity index (χ2v) is 13.2. The summed E-state index contributed by atoms with van der Waals surface area (Å²) < 4.78 is 0. The molecule has 1 heterocycles. The molecule has 9 aromatic rings. The Morgan fingerprint density at radius 3 is 1.56 bits per heavy atom. The summed E-state index contributed by atoms with van der Waals surface area (Å²) in [5.74, 6) is 0. The van der Waals surface area contributed by atoms with Crippen LogP contribution in [0.25, 0.3) is 93.0 Å². The van der Waals surface area contributed by atoms with Gasteiger partial charge in [-0.25, -0.2) is 0 Å². The highest BCUT2D eigenvalue weighted by Crippen LogP contribution is 2.56. The van der Waals surface area contributed by atoms with Crippen LogP contribution in [0.2, 0.25) is 0 Å². The van der Waals surface area contributed by atoms with E-state index in [4.69, 9.17) is 0 Å². The van der Waals surface area contributed by atoms with Crippen molar-refractivity contribution in [2.24, 2.45) is 0 Å². The molecule has 0 aromatic heterocycles. The summed E-state index contributed by atoms with van der Waals surface area (Å²) in [5, 5.41) is 24.9. The molecular formula is C46H31N2+. The molecule has 1 aliphatic heterocycles. The van der Waals surface area contributed by atoms with Gasteiger partial charge in [-0.3, -0.25) is 0 Å². The van der Waals surface area contributed by atoms with E-state index in [1.807, 2.05) is 6.08 Å². The van der Waals surface area contributed by atoms with Crippen molar-refractivity contribution in [1.29, 1.82) is 5.26 Å². The minimum absolute atomic E-state index is 1.01. The molecule has 2 nitrogen and oxygen atoms in total. The molecule has 0 saturated carbocycles. The zero-order valence-electron chi connectivity index (χ0n) is 26.6. The average molecular weight is 612 g/mol. The normalized spacial score (nSPS) is 13.9. The molecule has 1 fully saturated rings. The first-order valence-corrected chi connectivity index (χ1v) is 17.0. The summed E-state index contributed by atoms with van der Waals surface area (Å²) in [6.45, 7) is 2.24. The number of hydrogen-bond donors (Lipinski definition) is 0. The van der Waals surface area contributed by atoms with E-state index in [1.165, 1.54) is 106 Å². The van der Waals surface area contributed by atoms with Crippen LogP contribution in [-0.4, -0.2) is 13.1 Å². The number of fused-ring (bicyclic) bond motifs is 6. The fourth-order valence-corrected chi connectivity index (χ4v) is 8.91. The van der Waals surface area contributed by atoms with Crippen molar-refractivity contribution in [3.8, 4) is 28.3 Å². The van der Waals surface area contributed by atoms with Crippen molar-refractivity contribution in [2.75, 3.05) is 18.0 Å². The Hall–Kier alpha value is -6.00. The predicted molar refractivity (Wildman–Crippen MR) is 204 cm³/mol. The summed E-state index contributed by atoms with van der Waals surface area (Å²) in [5.41, 5.74) is 7.44. The Labute approximate surface area is 279 Å². The zero-order chi connectivity index (χ0) is 31.8. The van der Waals surface area contributed by atoms with Gasteiger partial charge in [0.15, 0.2) is 12.2 Å². The number of piperidine rings is 1. The second kappa shape index (κ2) is 10.5. The van der Waals surface area contributed by atoms with E-state index in [2.05, 4.69) is 138 Å². The highest BCUT2D eigenvalue weighted by atomic mass is 15.1. The topological polar surface area (TPSA) is 27.0 Å². The lowest BCUT2D eigenvalue weighted by molar-refractivity contribution is 0.579. The minimum Gasteiger partial charge on any atom is -0.371 e. The first-order chi connectivity index (χ1) is 23.8. The first kappa shape index (κ1) is 27.1. The lowest BCUT2D eigenvalue weighted by Gasteiger charge is -2.30. The van der Waals surface area contributed by atoms with Gasteiger partial charge in [-0.2, -0.15) is 5.26 Å². The lowest BCUT2D eigenvalue weighted by atomic mass is 9.87. The van der Waals surface area contributed by atoms with Crippen molar-refractivity contribution < 1.29 is 0 Å². The molecule has 2 heteroatoms. The van der Waals surface area contributed by atoms with Crippen LogP contribution in [-0.2, 0) is 0 Å². The fourth-order valence-electron chi connectivity index (χ4n) is 8.91. The molecule has 9 aromatic carbocycles. The predicted octanol–water partition coefficient (Wildman–Crippen LogP) is 12.1. The molecule has 10 rings (SSSR count). The van der Waals surface area contributed by atoms with Gasteiger partial charge in [0, 0.05) is 35.6 Å². The quantitative estimate of drug-likeness (QED) is 0.146. The molecule has 0 atom stereocenters. The van der Waals surface area contributed by atoms with Gasteiger partial charge < -0.3 is 4.90 Å². The van der Waals surface area contributed by atoms with E-state index in [0.717, 1.165) is 24.0 Å². The molecule has 0 unspecified atom stereocenters. The SMILES string of the molecule is N#C[C+]=Cc1ccc2c3c(-c4ccccc4)c4c5cccc6c(N7CCCCC7)ccc(c4c(-c4ccccc4)c3c3cccc1c23)c65. The van der Waals surface area contributed by atoms with E-state index >= 15 is 0 Å². The van der Waals surface area contributed by atoms with E-state index < -0.39 is 0 Å². The largest absolute Gasteiger partial charge is 0.371 e. The van der Waals surface area contributed by atoms with Crippen molar-refractivity contribution in [3.63, 3.8) is 0 Å². The zero-order valence-corrected chi connectivity index (χ0v) is 26.6. The van der Waals surface area contributed by atoms with Crippen LogP contribution in [0.15, 0.2) is 121 Å². The third-order valence-corrected chi connectivity index (χ3v) is 10.8. The van der Waals surface area contributed by atoms with E-state index in [9.17, 15) is 5.26 Å². The Kier molecular flexibility index (Phi) is 5.94. The number of benzene rings is 7. The first-order valence-electron chi connectivity index (χ1n) is 17.0. The van der Waals surface area contributed by atoms with Crippen LogP contribution in [0, 0.1) is 17.4 Å². The number of anilines is 1. The second-order valence-electron chi connectivity index (χ2n) is 13.2. The number of hydrogen-bond acceptors (Lipinski definition) is 2. The van der Waals surface area contributed by atoms with Crippen molar-refractivity contribution in [2.45, 2.75) is 19.3 Å². The monoisotopic (exact) mass is 611 g/mol. The molecular weight excluding hydrogens is 581 g/mol. The Morgan fingerprint density at radius 1 is 0.479 bits per heavy atom. The van der Waals surface area contributed by atoms with Gasteiger partial charge in [-0.1, -0.05) is 97.1 Å². The van der Waals surface area contributed by atoms with Crippen molar-refractivity contribution >= 4 is 76.4 Å².